The summed E-state index contributed by atoms with van der Waals surface area (Å²) in [5.41, 5.74) is 1.45. The molecular formula is C18H30O2. The van der Waals surface area contributed by atoms with Gasteiger partial charge in [-0.3, -0.25) is 0 Å². The average Bonchev–Trinajstić information content (AvgIpc) is 2.50. The Labute approximate surface area is 123 Å². The van der Waals surface area contributed by atoms with Crippen molar-refractivity contribution in [1.82, 2.24) is 0 Å². The lowest BCUT2D eigenvalue weighted by molar-refractivity contribution is 0.0860. The molecule has 20 heavy (non-hydrogen) atoms. The van der Waals surface area contributed by atoms with Crippen LogP contribution in [0.25, 0.3) is 0 Å². The SMILES string of the molecule is OCC(O)CCCCCCCCCCc1ccccc1. The molecule has 1 rings (SSSR count). The maximum Gasteiger partial charge on any atom is 0.0770 e. The predicted molar refractivity (Wildman–Crippen MR) is 84.8 cm³/mol. The molecule has 0 spiro atoms. The van der Waals surface area contributed by atoms with Crippen LogP contribution in [0, 0.1) is 0 Å². The lowest BCUT2D eigenvalue weighted by atomic mass is 10.0. The van der Waals surface area contributed by atoms with Crippen LogP contribution >= 0.6 is 0 Å². The van der Waals surface area contributed by atoms with Gasteiger partial charge in [0.15, 0.2) is 0 Å². The molecule has 0 amide bonds. The van der Waals surface area contributed by atoms with E-state index in [0.717, 1.165) is 12.8 Å². The zero-order valence-corrected chi connectivity index (χ0v) is 12.6. The van der Waals surface area contributed by atoms with Crippen molar-refractivity contribution in [1.29, 1.82) is 0 Å². The van der Waals surface area contributed by atoms with Crippen molar-refractivity contribution in [2.45, 2.75) is 70.3 Å². The van der Waals surface area contributed by atoms with Gasteiger partial charge in [-0.05, 0) is 24.8 Å². The summed E-state index contributed by atoms with van der Waals surface area (Å²) in [4.78, 5) is 0. The first-order valence-corrected chi connectivity index (χ1v) is 8.16. The van der Waals surface area contributed by atoms with Gasteiger partial charge < -0.3 is 10.2 Å². The minimum atomic E-state index is -0.506. The van der Waals surface area contributed by atoms with Crippen LogP contribution in [0.1, 0.15) is 63.4 Å². The van der Waals surface area contributed by atoms with Gasteiger partial charge in [-0.2, -0.15) is 0 Å². The van der Waals surface area contributed by atoms with Crippen molar-refractivity contribution in [2.75, 3.05) is 6.61 Å². The predicted octanol–water partition coefficient (Wildman–Crippen LogP) is 4.09. The summed E-state index contributed by atoms with van der Waals surface area (Å²) in [5, 5.41) is 17.9. The van der Waals surface area contributed by atoms with Crippen LogP contribution in [0.4, 0.5) is 0 Å². The molecule has 0 bridgehead atoms. The molecule has 0 aromatic heterocycles. The second-order valence-corrected chi connectivity index (χ2v) is 5.69. The normalized spacial score (nSPS) is 12.5. The standard InChI is InChI=1S/C18H30O2/c19-16-18(20)15-11-6-4-2-1-3-5-8-12-17-13-9-7-10-14-17/h7,9-10,13-14,18-20H,1-6,8,11-12,15-16H2. The highest BCUT2D eigenvalue weighted by molar-refractivity contribution is 5.14. The largest absolute Gasteiger partial charge is 0.394 e. The van der Waals surface area contributed by atoms with Crippen LogP contribution < -0.4 is 0 Å². The van der Waals surface area contributed by atoms with E-state index in [1.54, 1.807) is 0 Å². The molecule has 0 aliphatic heterocycles. The van der Waals surface area contributed by atoms with Crippen molar-refractivity contribution in [2.24, 2.45) is 0 Å². The monoisotopic (exact) mass is 278 g/mol. The molecule has 114 valence electrons. The third-order valence-electron chi connectivity index (χ3n) is 3.81. The van der Waals surface area contributed by atoms with Crippen molar-refractivity contribution >= 4 is 0 Å². The molecule has 0 saturated carbocycles. The second kappa shape index (κ2) is 11.9. The Morgan fingerprint density at radius 1 is 0.750 bits per heavy atom. The highest BCUT2D eigenvalue weighted by Gasteiger charge is 2.00. The molecule has 0 heterocycles. The number of unbranched alkanes of at least 4 members (excludes halogenated alkanes) is 7. The van der Waals surface area contributed by atoms with Gasteiger partial charge in [0.25, 0.3) is 0 Å². The Morgan fingerprint density at radius 2 is 1.30 bits per heavy atom. The molecule has 1 aromatic rings. The van der Waals surface area contributed by atoms with Crippen molar-refractivity contribution < 1.29 is 10.2 Å². The summed E-state index contributed by atoms with van der Waals surface area (Å²) in [7, 11) is 0. The number of benzene rings is 1. The van der Waals surface area contributed by atoms with E-state index in [4.69, 9.17) is 5.11 Å². The maximum absolute atomic E-state index is 9.20. The quantitative estimate of drug-likeness (QED) is 0.565. The van der Waals surface area contributed by atoms with E-state index in [1.807, 2.05) is 0 Å². The number of aryl methyl sites for hydroxylation is 1. The Morgan fingerprint density at radius 3 is 1.90 bits per heavy atom. The fraction of sp³-hybridized carbons (Fsp3) is 0.667. The van der Waals surface area contributed by atoms with Crippen LogP contribution in [-0.2, 0) is 6.42 Å². The molecule has 1 unspecified atom stereocenters. The molecule has 0 aliphatic carbocycles. The number of aliphatic hydroxyl groups excluding tert-OH is 2. The maximum atomic E-state index is 9.20. The molecule has 2 nitrogen and oxygen atoms in total. The van der Waals surface area contributed by atoms with E-state index in [1.165, 1.54) is 56.9 Å². The number of hydrogen-bond donors (Lipinski definition) is 2. The molecule has 0 radical (unpaired) electrons. The number of hydrogen-bond acceptors (Lipinski definition) is 2. The van der Waals surface area contributed by atoms with E-state index >= 15 is 0 Å². The first-order chi connectivity index (χ1) is 9.83. The Kier molecular flexibility index (Phi) is 10.3. The fourth-order valence-electron chi connectivity index (χ4n) is 2.51. The lowest BCUT2D eigenvalue weighted by Crippen LogP contribution is -2.10. The summed E-state index contributed by atoms with van der Waals surface area (Å²) < 4.78 is 0. The summed E-state index contributed by atoms with van der Waals surface area (Å²) in [6.45, 7) is -0.0958. The van der Waals surface area contributed by atoms with E-state index < -0.39 is 6.10 Å². The molecule has 1 aromatic carbocycles. The first kappa shape index (κ1) is 17.2. The molecule has 0 saturated heterocycles. The third kappa shape index (κ3) is 9.11. The van der Waals surface area contributed by atoms with Crippen LogP contribution in [-0.4, -0.2) is 22.9 Å². The smallest absolute Gasteiger partial charge is 0.0770 e. The van der Waals surface area contributed by atoms with Gasteiger partial charge in [0.05, 0.1) is 12.7 Å². The number of aliphatic hydroxyl groups is 2. The third-order valence-corrected chi connectivity index (χ3v) is 3.81. The molecule has 2 N–H and O–H groups in total. The molecule has 2 heteroatoms. The number of rotatable bonds is 12. The highest BCUT2D eigenvalue weighted by atomic mass is 16.3. The van der Waals surface area contributed by atoms with Crippen LogP contribution in [0.15, 0.2) is 30.3 Å². The van der Waals surface area contributed by atoms with Gasteiger partial charge in [-0.1, -0.05) is 75.3 Å². The topological polar surface area (TPSA) is 40.5 Å². The van der Waals surface area contributed by atoms with E-state index in [2.05, 4.69) is 30.3 Å². The first-order valence-electron chi connectivity index (χ1n) is 8.16. The van der Waals surface area contributed by atoms with Crippen LogP contribution in [0.5, 0.6) is 0 Å². The Balaban J connectivity index is 1.81. The van der Waals surface area contributed by atoms with Crippen molar-refractivity contribution in [3.05, 3.63) is 35.9 Å². The minimum absolute atomic E-state index is 0.0958. The van der Waals surface area contributed by atoms with Crippen LogP contribution in [0.3, 0.4) is 0 Å². The Bertz CT molecular complexity index is 310. The summed E-state index contributed by atoms with van der Waals surface area (Å²) in [5.74, 6) is 0. The molecule has 0 aliphatic rings. The summed E-state index contributed by atoms with van der Waals surface area (Å²) in [6, 6.07) is 10.7. The van der Waals surface area contributed by atoms with Gasteiger partial charge in [0.1, 0.15) is 0 Å². The van der Waals surface area contributed by atoms with Gasteiger partial charge in [-0.25, -0.2) is 0 Å². The zero-order valence-electron chi connectivity index (χ0n) is 12.6. The second-order valence-electron chi connectivity index (χ2n) is 5.69. The fourth-order valence-corrected chi connectivity index (χ4v) is 2.51. The summed E-state index contributed by atoms with van der Waals surface area (Å²) in [6.07, 6.45) is 11.5. The Hall–Kier alpha value is -0.860. The van der Waals surface area contributed by atoms with E-state index in [9.17, 15) is 5.11 Å². The van der Waals surface area contributed by atoms with Gasteiger partial charge >= 0.3 is 0 Å². The molecule has 1 atom stereocenters. The minimum Gasteiger partial charge on any atom is -0.394 e. The summed E-state index contributed by atoms with van der Waals surface area (Å²) >= 11 is 0. The van der Waals surface area contributed by atoms with E-state index in [-0.39, 0.29) is 6.61 Å². The van der Waals surface area contributed by atoms with E-state index in [0.29, 0.717) is 0 Å². The van der Waals surface area contributed by atoms with Crippen LogP contribution in [0.2, 0.25) is 0 Å². The van der Waals surface area contributed by atoms with Gasteiger partial charge in [0.2, 0.25) is 0 Å². The van der Waals surface area contributed by atoms with Gasteiger partial charge in [-0.15, -0.1) is 0 Å². The lowest BCUT2D eigenvalue weighted by Gasteiger charge is -2.06. The van der Waals surface area contributed by atoms with Gasteiger partial charge in [0, 0.05) is 0 Å². The average molecular weight is 278 g/mol. The van der Waals surface area contributed by atoms with Crippen molar-refractivity contribution in [3.8, 4) is 0 Å². The highest BCUT2D eigenvalue weighted by Crippen LogP contribution is 2.12. The molecule has 0 fully saturated rings. The molecular weight excluding hydrogens is 248 g/mol. The van der Waals surface area contributed by atoms with Crippen molar-refractivity contribution in [3.63, 3.8) is 0 Å². The zero-order chi connectivity index (χ0) is 14.5.